The largest absolute Gasteiger partial charge is 0.462 e. The van der Waals surface area contributed by atoms with Crippen molar-refractivity contribution in [3.05, 3.63) is 72.9 Å². The zero-order valence-electron chi connectivity index (χ0n) is 52.6. The van der Waals surface area contributed by atoms with Crippen LogP contribution in [0.2, 0.25) is 0 Å². The Morgan fingerprint density at radius 1 is 0.266 bits per heavy atom. The molecule has 0 aromatic heterocycles. The van der Waals surface area contributed by atoms with Crippen LogP contribution in [0.15, 0.2) is 72.9 Å². The number of esters is 3. The normalized spacial score (nSPS) is 12.5. The molecule has 458 valence electrons. The van der Waals surface area contributed by atoms with E-state index in [0.717, 1.165) is 109 Å². The van der Waals surface area contributed by atoms with Crippen LogP contribution >= 0.6 is 0 Å². The molecule has 0 amide bonds. The van der Waals surface area contributed by atoms with Gasteiger partial charge in [0.05, 0.1) is 0 Å². The maximum absolute atomic E-state index is 12.9. The lowest BCUT2D eigenvalue weighted by Crippen LogP contribution is -2.30. The minimum atomic E-state index is -0.783. The van der Waals surface area contributed by atoms with Crippen LogP contribution in [0, 0.1) is 0 Å². The van der Waals surface area contributed by atoms with Crippen molar-refractivity contribution in [2.75, 3.05) is 13.2 Å². The van der Waals surface area contributed by atoms with Crippen LogP contribution in [0.4, 0.5) is 0 Å². The van der Waals surface area contributed by atoms with Crippen molar-refractivity contribution in [3.8, 4) is 0 Å². The second kappa shape index (κ2) is 67.4. The second-order valence-corrected chi connectivity index (χ2v) is 23.1. The Kier molecular flexibility index (Phi) is 64.7. The smallest absolute Gasteiger partial charge is 0.306 e. The van der Waals surface area contributed by atoms with Crippen molar-refractivity contribution in [2.45, 2.75) is 361 Å². The molecule has 0 aliphatic heterocycles. The predicted octanol–water partition coefficient (Wildman–Crippen LogP) is 23.7. The highest BCUT2D eigenvalue weighted by atomic mass is 16.6. The number of ether oxygens (including phenoxy) is 3. The molecule has 0 aromatic rings. The number of rotatable bonds is 63. The third-order valence-corrected chi connectivity index (χ3v) is 15.2. The Hall–Kier alpha value is -3.15. The molecule has 0 spiro atoms. The zero-order chi connectivity index (χ0) is 57.1. The number of hydrogen-bond acceptors (Lipinski definition) is 6. The van der Waals surface area contributed by atoms with Crippen molar-refractivity contribution in [1.82, 2.24) is 0 Å². The first-order valence-corrected chi connectivity index (χ1v) is 34.4. The lowest BCUT2D eigenvalue weighted by atomic mass is 10.0. The van der Waals surface area contributed by atoms with Gasteiger partial charge in [-0.05, 0) is 89.9 Å². The van der Waals surface area contributed by atoms with Crippen LogP contribution in [0.5, 0.6) is 0 Å². The first-order valence-electron chi connectivity index (χ1n) is 34.4. The number of unbranched alkanes of at least 4 members (excludes halogenated alkanes) is 40. The molecule has 1 unspecified atom stereocenters. The molecule has 6 heteroatoms. The van der Waals surface area contributed by atoms with Gasteiger partial charge in [-0.25, -0.2) is 0 Å². The second-order valence-electron chi connectivity index (χ2n) is 23.1. The number of carbonyl (C=O) groups is 3. The van der Waals surface area contributed by atoms with E-state index in [1.165, 1.54) is 205 Å². The van der Waals surface area contributed by atoms with Gasteiger partial charge in [-0.1, -0.05) is 318 Å². The van der Waals surface area contributed by atoms with E-state index in [2.05, 4.69) is 93.7 Å². The molecular weight excluding hydrogens is 973 g/mol. The molecule has 0 fully saturated rings. The van der Waals surface area contributed by atoms with E-state index < -0.39 is 6.10 Å². The fraction of sp³-hybridized carbons (Fsp3) is 0.795. The molecule has 0 aliphatic rings. The van der Waals surface area contributed by atoms with Gasteiger partial charge in [0.15, 0.2) is 6.10 Å². The third-order valence-electron chi connectivity index (χ3n) is 15.2. The Morgan fingerprint density at radius 2 is 0.494 bits per heavy atom. The SMILES string of the molecule is CC/C=C\C/C=C\C/C=C\C/C=C\C/C=C\CCCCCCCC(=O)OC(COC(=O)CCCCCCCCC)COC(=O)CCCCCCCCCCCCCCCCCCCCCCC/C=C\CCCCCCCCCC. The summed E-state index contributed by atoms with van der Waals surface area (Å²) < 4.78 is 16.8. The van der Waals surface area contributed by atoms with E-state index in [9.17, 15) is 14.4 Å². The van der Waals surface area contributed by atoms with Gasteiger partial charge in [0.1, 0.15) is 13.2 Å². The molecule has 0 heterocycles. The fourth-order valence-corrected chi connectivity index (χ4v) is 10.1. The third kappa shape index (κ3) is 65.5. The summed E-state index contributed by atoms with van der Waals surface area (Å²) in [7, 11) is 0. The fourth-order valence-electron chi connectivity index (χ4n) is 10.1. The van der Waals surface area contributed by atoms with E-state index >= 15 is 0 Å². The summed E-state index contributed by atoms with van der Waals surface area (Å²) in [6.07, 6.45) is 88.3. The quantitative estimate of drug-likeness (QED) is 0.0261. The standard InChI is InChI=1S/C73H130O6/c1-4-7-10-13-16-18-20-22-24-26-28-30-31-32-33-34-35-36-37-38-39-40-41-43-44-46-48-50-52-54-57-60-63-66-72(75)78-69-70(68-77-71(74)65-62-59-56-15-12-9-6-3)79-73(76)67-64-61-58-55-53-51-49-47-45-42-29-27-25-23-21-19-17-14-11-8-5-2/h8,11,17,19,23,25-26,28-29,42,47,49,70H,4-7,9-10,12-16,18,20-22,24,27,30-41,43-46,48,50-69H2,1-3H3/b11-8-,19-17-,25-23-,28-26-,42-29-,49-47-. The summed E-state index contributed by atoms with van der Waals surface area (Å²) >= 11 is 0. The van der Waals surface area contributed by atoms with E-state index in [1.54, 1.807) is 0 Å². The maximum Gasteiger partial charge on any atom is 0.306 e. The Labute approximate surface area is 491 Å². The molecular formula is C73H130O6. The van der Waals surface area contributed by atoms with Gasteiger partial charge in [-0.3, -0.25) is 14.4 Å². The van der Waals surface area contributed by atoms with Gasteiger partial charge < -0.3 is 14.2 Å². The first kappa shape index (κ1) is 75.8. The zero-order valence-corrected chi connectivity index (χ0v) is 52.6. The maximum atomic E-state index is 12.9. The summed E-state index contributed by atoms with van der Waals surface area (Å²) in [4.78, 5) is 38.1. The van der Waals surface area contributed by atoms with Gasteiger partial charge in [-0.2, -0.15) is 0 Å². The molecule has 0 N–H and O–H groups in total. The minimum absolute atomic E-state index is 0.0800. The number of carbonyl (C=O) groups excluding carboxylic acids is 3. The van der Waals surface area contributed by atoms with Crippen molar-refractivity contribution >= 4 is 17.9 Å². The van der Waals surface area contributed by atoms with Gasteiger partial charge in [0, 0.05) is 19.3 Å². The number of hydrogen-bond donors (Lipinski definition) is 0. The summed E-state index contributed by atoms with van der Waals surface area (Å²) in [5, 5.41) is 0. The molecule has 0 saturated carbocycles. The van der Waals surface area contributed by atoms with Gasteiger partial charge in [0.25, 0.3) is 0 Å². The van der Waals surface area contributed by atoms with Crippen molar-refractivity contribution < 1.29 is 28.6 Å². The van der Waals surface area contributed by atoms with E-state index in [4.69, 9.17) is 14.2 Å². The van der Waals surface area contributed by atoms with Crippen molar-refractivity contribution in [2.24, 2.45) is 0 Å². The molecule has 0 aliphatic carbocycles. The van der Waals surface area contributed by atoms with Gasteiger partial charge in [0.2, 0.25) is 0 Å². The topological polar surface area (TPSA) is 78.9 Å². The average molecular weight is 1100 g/mol. The molecule has 0 aromatic carbocycles. The molecule has 0 saturated heterocycles. The van der Waals surface area contributed by atoms with Crippen molar-refractivity contribution in [1.29, 1.82) is 0 Å². The molecule has 1 atom stereocenters. The number of allylic oxidation sites excluding steroid dienone is 12. The highest BCUT2D eigenvalue weighted by molar-refractivity contribution is 5.71. The van der Waals surface area contributed by atoms with Crippen LogP contribution < -0.4 is 0 Å². The van der Waals surface area contributed by atoms with Crippen LogP contribution in [0.25, 0.3) is 0 Å². The Morgan fingerprint density at radius 3 is 0.785 bits per heavy atom. The van der Waals surface area contributed by atoms with E-state index in [0.29, 0.717) is 19.3 Å². The molecule has 6 nitrogen and oxygen atoms in total. The molecule has 0 bridgehead atoms. The van der Waals surface area contributed by atoms with Gasteiger partial charge >= 0.3 is 17.9 Å². The van der Waals surface area contributed by atoms with Crippen LogP contribution in [-0.4, -0.2) is 37.2 Å². The van der Waals surface area contributed by atoms with E-state index in [-0.39, 0.29) is 31.1 Å². The molecule has 0 radical (unpaired) electrons. The summed E-state index contributed by atoms with van der Waals surface area (Å²) in [5.74, 6) is -0.890. The van der Waals surface area contributed by atoms with Crippen LogP contribution in [0.1, 0.15) is 355 Å². The van der Waals surface area contributed by atoms with Crippen LogP contribution in [0.3, 0.4) is 0 Å². The summed E-state index contributed by atoms with van der Waals surface area (Å²) in [6.45, 7) is 6.51. The molecule has 0 rings (SSSR count). The predicted molar refractivity (Wildman–Crippen MR) is 344 cm³/mol. The summed E-state index contributed by atoms with van der Waals surface area (Å²) in [6, 6.07) is 0. The minimum Gasteiger partial charge on any atom is -0.462 e. The van der Waals surface area contributed by atoms with E-state index in [1.807, 2.05) is 0 Å². The average Bonchev–Trinajstić information content (AvgIpc) is 3.45. The highest BCUT2D eigenvalue weighted by Gasteiger charge is 2.19. The van der Waals surface area contributed by atoms with Crippen LogP contribution in [-0.2, 0) is 28.6 Å². The van der Waals surface area contributed by atoms with Gasteiger partial charge in [-0.15, -0.1) is 0 Å². The lowest BCUT2D eigenvalue weighted by Gasteiger charge is -2.18. The Balaban J connectivity index is 4.03. The highest BCUT2D eigenvalue weighted by Crippen LogP contribution is 2.18. The van der Waals surface area contributed by atoms with Crippen molar-refractivity contribution in [3.63, 3.8) is 0 Å². The Bertz CT molecular complexity index is 1450. The molecule has 79 heavy (non-hydrogen) atoms. The summed E-state index contributed by atoms with van der Waals surface area (Å²) in [5.41, 5.74) is 0. The first-order chi connectivity index (χ1) is 39.0. The lowest BCUT2D eigenvalue weighted by molar-refractivity contribution is -0.167. The monoisotopic (exact) mass is 1100 g/mol.